The van der Waals surface area contributed by atoms with Crippen LogP contribution in [0.2, 0.25) is 0 Å². The Hall–Kier alpha value is -0.820. The lowest BCUT2D eigenvalue weighted by Gasteiger charge is -2.33. The number of nitrogens with zero attached hydrogens (tertiary/aromatic N) is 2. The second kappa shape index (κ2) is 4.21. The first-order valence-electron chi connectivity index (χ1n) is 5.04. The summed E-state index contributed by atoms with van der Waals surface area (Å²) in [6.07, 6.45) is -0.579. The number of sulfonamides is 1. The maximum Gasteiger partial charge on any atom is 0.411 e. The molecule has 0 aromatic carbocycles. The van der Waals surface area contributed by atoms with Gasteiger partial charge in [-0.05, 0) is 20.8 Å². The van der Waals surface area contributed by atoms with Gasteiger partial charge in [0, 0.05) is 20.1 Å². The molecule has 0 unspecified atom stereocenters. The van der Waals surface area contributed by atoms with E-state index in [1.807, 2.05) is 0 Å². The Bertz CT molecular complexity index is 371. The van der Waals surface area contributed by atoms with Crippen molar-refractivity contribution in [2.24, 2.45) is 0 Å². The second-order valence-electron chi connectivity index (χ2n) is 4.81. The number of hydrogen-bond donors (Lipinski definition) is 0. The van der Waals surface area contributed by atoms with Gasteiger partial charge in [0.25, 0.3) is 0 Å². The van der Waals surface area contributed by atoms with Crippen LogP contribution in [0.15, 0.2) is 0 Å². The van der Waals surface area contributed by atoms with Crippen molar-refractivity contribution in [3.05, 3.63) is 0 Å². The summed E-state index contributed by atoms with van der Waals surface area (Å²) in [5.74, 6) is -0.307. The first-order chi connectivity index (χ1) is 7.12. The van der Waals surface area contributed by atoms with Gasteiger partial charge in [-0.3, -0.25) is 4.90 Å². The van der Waals surface area contributed by atoms with E-state index in [1.54, 1.807) is 20.8 Å². The summed E-state index contributed by atoms with van der Waals surface area (Å²) in [4.78, 5) is 12.8. The molecule has 1 aliphatic heterocycles. The fourth-order valence-electron chi connectivity index (χ4n) is 1.23. The van der Waals surface area contributed by atoms with Gasteiger partial charge in [0.2, 0.25) is 10.0 Å². The molecule has 94 valence electrons. The average Bonchev–Trinajstić information content (AvgIpc) is 2.06. The molecule has 0 atom stereocenters. The highest BCUT2D eigenvalue weighted by atomic mass is 32.2. The zero-order valence-electron chi connectivity index (χ0n) is 10.1. The molecule has 0 aromatic heterocycles. The lowest BCUT2D eigenvalue weighted by atomic mass is 10.2. The van der Waals surface area contributed by atoms with Crippen LogP contribution in [-0.2, 0) is 14.8 Å². The van der Waals surface area contributed by atoms with Gasteiger partial charge >= 0.3 is 6.09 Å². The minimum absolute atomic E-state index is 0.307. The third kappa shape index (κ3) is 3.34. The number of hydrogen-bond acceptors (Lipinski definition) is 4. The Balaban J connectivity index is 2.67. The van der Waals surface area contributed by atoms with Crippen molar-refractivity contribution in [2.45, 2.75) is 26.4 Å². The Morgan fingerprint density at radius 1 is 1.25 bits per heavy atom. The minimum atomic E-state index is -3.35. The molecular weight excluding hydrogens is 232 g/mol. The molecule has 0 N–H and O–H groups in total. The van der Waals surface area contributed by atoms with E-state index < -0.39 is 21.7 Å². The van der Waals surface area contributed by atoms with Gasteiger partial charge < -0.3 is 4.74 Å². The predicted molar refractivity (Wildman–Crippen MR) is 59.4 cm³/mol. The number of amides is 1. The molecule has 6 nitrogen and oxygen atoms in total. The topological polar surface area (TPSA) is 66.9 Å². The summed E-state index contributed by atoms with van der Waals surface area (Å²) in [7, 11) is -1.85. The largest absolute Gasteiger partial charge is 0.444 e. The van der Waals surface area contributed by atoms with Crippen molar-refractivity contribution >= 4 is 16.1 Å². The van der Waals surface area contributed by atoms with E-state index in [-0.39, 0.29) is 5.88 Å². The van der Waals surface area contributed by atoms with Gasteiger partial charge in [0.15, 0.2) is 0 Å². The smallest absolute Gasteiger partial charge is 0.411 e. The molecule has 7 heteroatoms. The Morgan fingerprint density at radius 2 is 1.81 bits per heavy atom. The van der Waals surface area contributed by atoms with Crippen molar-refractivity contribution in [3.8, 4) is 0 Å². The Labute approximate surface area is 96.2 Å². The number of ether oxygens (including phenoxy) is 1. The quantitative estimate of drug-likeness (QED) is 0.626. The molecule has 1 amide bonds. The van der Waals surface area contributed by atoms with Gasteiger partial charge in [0.1, 0.15) is 11.5 Å². The van der Waals surface area contributed by atoms with E-state index >= 15 is 0 Å². The zero-order chi connectivity index (χ0) is 12.6. The summed E-state index contributed by atoms with van der Waals surface area (Å²) < 4.78 is 29.4. The highest BCUT2D eigenvalue weighted by Crippen LogP contribution is 2.14. The van der Waals surface area contributed by atoms with Crippen molar-refractivity contribution in [1.82, 2.24) is 9.21 Å². The second-order valence-corrected chi connectivity index (χ2v) is 6.85. The van der Waals surface area contributed by atoms with E-state index in [0.717, 1.165) is 0 Å². The first-order valence-corrected chi connectivity index (χ1v) is 6.65. The maximum atomic E-state index is 11.6. The molecule has 0 bridgehead atoms. The monoisotopic (exact) mass is 250 g/mol. The standard InChI is InChI=1S/C9H18N2O4S/c1-9(2,3)15-8(12)11-6-5-10(4)16(13,14)7-11/h5-7H2,1-4H3. The van der Waals surface area contributed by atoms with Crippen LogP contribution in [0.5, 0.6) is 0 Å². The number of carbonyl (C=O) groups is 1. The van der Waals surface area contributed by atoms with Crippen LogP contribution in [0.4, 0.5) is 4.79 Å². The van der Waals surface area contributed by atoms with E-state index in [4.69, 9.17) is 4.74 Å². The number of carbonyl (C=O) groups excluding carboxylic acids is 1. The minimum Gasteiger partial charge on any atom is -0.444 e. The highest BCUT2D eigenvalue weighted by molar-refractivity contribution is 7.89. The molecule has 0 radical (unpaired) electrons. The van der Waals surface area contributed by atoms with Crippen molar-refractivity contribution in [2.75, 3.05) is 26.0 Å². The van der Waals surface area contributed by atoms with E-state index in [2.05, 4.69) is 0 Å². The summed E-state index contributed by atoms with van der Waals surface area (Å²) in [6, 6.07) is 0. The number of likely N-dealkylation sites (N-methyl/N-ethyl adjacent to an activating group) is 1. The zero-order valence-corrected chi connectivity index (χ0v) is 10.9. The molecule has 0 aliphatic carbocycles. The highest BCUT2D eigenvalue weighted by Gasteiger charge is 2.32. The fourth-order valence-corrected chi connectivity index (χ4v) is 2.42. The Morgan fingerprint density at radius 3 is 2.25 bits per heavy atom. The van der Waals surface area contributed by atoms with E-state index in [0.29, 0.717) is 13.1 Å². The van der Waals surface area contributed by atoms with E-state index in [9.17, 15) is 13.2 Å². The molecule has 0 saturated carbocycles. The van der Waals surface area contributed by atoms with Crippen LogP contribution < -0.4 is 0 Å². The third-order valence-corrected chi connectivity index (χ3v) is 3.90. The Kier molecular flexibility index (Phi) is 3.49. The van der Waals surface area contributed by atoms with Crippen LogP contribution in [0.1, 0.15) is 20.8 Å². The molecule has 0 aromatic rings. The summed E-state index contributed by atoms with van der Waals surface area (Å²) in [5, 5.41) is 0. The van der Waals surface area contributed by atoms with E-state index in [1.165, 1.54) is 16.3 Å². The van der Waals surface area contributed by atoms with Crippen LogP contribution in [0.3, 0.4) is 0 Å². The average molecular weight is 250 g/mol. The van der Waals surface area contributed by atoms with Crippen molar-refractivity contribution < 1.29 is 17.9 Å². The van der Waals surface area contributed by atoms with Gasteiger partial charge in [-0.15, -0.1) is 0 Å². The lowest BCUT2D eigenvalue weighted by molar-refractivity contribution is 0.0261. The number of rotatable bonds is 0. The van der Waals surface area contributed by atoms with Crippen LogP contribution in [0.25, 0.3) is 0 Å². The van der Waals surface area contributed by atoms with Crippen LogP contribution >= 0.6 is 0 Å². The fraction of sp³-hybridized carbons (Fsp3) is 0.889. The molecule has 1 fully saturated rings. The molecule has 1 heterocycles. The van der Waals surface area contributed by atoms with Crippen molar-refractivity contribution in [3.63, 3.8) is 0 Å². The molecular formula is C9H18N2O4S. The molecule has 0 spiro atoms. The lowest BCUT2D eigenvalue weighted by Crippen LogP contribution is -2.51. The molecule has 16 heavy (non-hydrogen) atoms. The van der Waals surface area contributed by atoms with Gasteiger partial charge in [0.05, 0.1) is 0 Å². The SMILES string of the molecule is CN1CCN(C(=O)OC(C)(C)C)CS1(=O)=O. The van der Waals surface area contributed by atoms with Gasteiger partial charge in [-0.1, -0.05) is 0 Å². The molecule has 1 rings (SSSR count). The third-order valence-electron chi connectivity index (χ3n) is 2.13. The van der Waals surface area contributed by atoms with Gasteiger partial charge in [-0.2, -0.15) is 0 Å². The predicted octanol–water partition coefficient (Wildman–Crippen LogP) is 0.456. The first kappa shape index (κ1) is 13.2. The van der Waals surface area contributed by atoms with Crippen LogP contribution in [0, 0.1) is 0 Å². The molecule has 1 aliphatic rings. The van der Waals surface area contributed by atoms with Gasteiger partial charge in [-0.25, -0.2) is 17.5 Å². The normalized spacial score (nSPS) is 21.9. The summed E-state index contributed by atoms with van der Waals surface area (Å²) in [5.41, 5.74) is -0.607. The van der Waals surface area contributed by atoms with Crippen molar-refractivity contribution in [1.29, 1.82) is 0 Å². The van der Waals surface area contributed by atoms with Crippen LogP contribution in [-0.4, -0.2) is 55.3 Å². The maximum absolute atomic E-state index is 11.6. The summed E-state index contributed by atoms with van der Waals surface area (Å²) in [6.45, 7) is 5.91. The molecule has 1 saturated heterocycles. The summed E-state index contributed by atoms with van der Waals surface area (Å²) >= 11 is 0.